The third kappa shape index (κ3) is 5.20. The van der Waals surface area contributed by atoms with Gasteiger partial charge in [0.2, 0.25) is 0 Å². The largest absolute Gasteiger partial charge is 0.403 e. The first-order chi connectivity index (χ1) is 14.8. The van der Waals surface area contributed by atoms with Crippen LogP contribution in [0.25, 0.3) is 17.0 Å². The first kappa shape index (κ1) is 21.8. The summed E-state index contributed by atoms with van der Waals surface area (Å²) in [6.45, 7) is 1.72. The van der Waals surface area contributed by atoms with E-state index in [1.165, 1.54) is 11.2 Å². The Hall–Kier alpha value is -3.85. The fraction of sp³-hybridized carbons (Fsp3) is 0.136. The molecule has 2 heterocycles. The Bertz CT molecular complexity index is 1130. The van der Waals surface area contributed by atoms with E-state index in [-0.39, 0.29) is 12.2 Å². The molecule has 7 nitrogen and oxygen atoms in total. The average molecular weight is 424 g/mol. The molecule has 0 spiro atoms. The average Bonchev–Trinajstić information content (AvgIpc) is 2.73. The third-order valence-corrected chi connectivity index (χ3v) is 4.54. The Morgan fingerprint density at radius 3 is 2.48 bits per heavy atom. The van der Waals surface area contributed by atoms with Gasteiger partial charge in [0.25, 0.3) is 5.91 Å². The van der Waals surface area contributed by atoms with Crippen molar-refractivity contribution in [2.45, 2.75) is 13.5 Å². The molecule has 1 aromatic carbocycles. The van der Waals surface area contributed by atoms with E-state index >= 15 is 0 Å². The number of rotatable bonds is 6. The molecule has 31 heavy (non-hydrogen) atoms. The molecule has 0 saturated carbocycles. The Morgan fingerprint density at radius 1 is 1.13 bits per heavy atom. The van der Waals surface area contributed by atoms with Gasteiger partial charge in [0.15, 0.2) is 0 Å². The summed E-state index contributed by atoms with van der Waals surface area (Å²) in [5.41, 5.74) is 9.36. The Balaban J connectivity index is 1.96. The smallest absolute Gasteiger partial charge is 0.251 e. The molecule has 160 valence electrons. The number of halogens is 2. The van der Waals surface area contributed by atoms with Crippen LogP contribution in [0.4, 0.5) is 8.78 Å². The van der Waals surface area contributed by atoms with Gasteiger partial charge in [-0.15, -0.1) is 0 Å². The zero-order valence-electron chi connectivity index (χ0n) is 17.1. The molecule has 5 N–H and O–H groups in total. The zero-order chi connectivity index (χ0) is 22.5. The quantitative estimate of drug-likeness (QED) is 0.415. The number of aromatic nitrogens is 2. The number of hydrazine groups is 1. The van der Waals surface area contributed by atoms with Crippen LogP contribution in [0.2, 0.25) is 0 Å². The lowest BCUT2D eigenvalue weighted by Crippen LogP contribution is -2.26. The second kappa shape index (κ2) is 9.31. The Morgan fingerprint density at radius 2 is 1.87 bits per heavy atom. The number of hydrogen-bond acceptors (Lipinski definition) is 6. The number of carbonyl (C=O) groups excluding carboxylic acids is 1. The maximum Gasteiger partial charge on any atom is 0.251 e. The molecule has 0 radical (unpaired) electrons. The standard InChI is InChI=1S/C22H22F2N6O/c1-13-3-4-19(27-10-13)14-5-15(21(9-25)30(2)26)7-16(6-14)22(31)29-12-20-18(24)8-17(23)11-28-20/h3-11H,12,25-26H2,1-2H3,(H,29,31)/b21-9-. The van der Waals surface area contributed by atoms with Gasteiger partial charge >= 0.3 is 0 Å². The van der Waals surface area contributed by atoms with Crippen molar-refractivity contribution in [2.75, 3.05) is 7.05 Å². The number of hydrogen-bond donors (Lipinski definition) is 3. The molecule has 0 unspecified atom stereocenters. The van der Waals surface area contributed by atoms with Crippen LogP contribution in [0.1, 0.15) is 27.2 Å². The van der Waals surface area contributed by atoms with Crippen LogP contribution >= 0.6 is 0 Å². The highest BCUT2D eigenvalue weighted by atomic mass is 19.1. The van der Waals surface area contributed by atoms with Crippen LogP contribution in [-0.4, -0.2) is 27.9 Å². The van der Waals surface area contributed by atoms with Gasteiger partial charge in [0, 0.05) is 42.2 Å². The summed E-state index contributed by atoms with van der Waals surface area (Å²) in [7, 11) is 1.62. The van der Waals surface area contributed by atoms with Gasteiger partial charge < -0.3 is 16.1 Å². The van der Waals surface area contributed by atoms with Gasteiger partial charge in [-0.05, 0) is 36.8 Å². The number of benzene rings is 1. The lowest BCUT2D eigenvalue weighted by atomic mass is 10.00. The van der Waals surface area contributed by atoms with E-state index < -0.39 is 17.5 Å². The van der Waals surface area contributed by atoms with Crippen molar-refractivity contribution in [1.29, 1.82) is 0 Å². The molecule has 2 aromatic heterocycles. The molecule has 1 amide bonds. The highest BCUT2D eigenvalue weighted by molar-refractivity contribution is 5.96. The molecule has 3 aromatic rings. The summed E-state index contributed by atoms with van der Waals surface area (Å²) < 4.78 is 26.9. The number of carbonyl (C=O) groups is 1. The van der Waals surface area contributed by atoms with E-state index in [9.17, 15) is 13.6 Å². The van der Waals surface area contributed by atoms with E-state index in [0.29, 0.717) is 34.1 Å². The number of pyridine rings is 2. The predicted octanol–water partition coefficient (Wildman–Crippen LogP) is 2.72. The lowest BCUT2D eigenvalue weighted by molar-refractivity contribution is 0.0950. The second-order valence-corrected chi connectivity index (χ2v) is 6.95. The van der Waals surface area contributed by atoms with Crippen LogP contribution < -0.4 is 16.9 Å². The van der Waals surface area contributed by atoms with Gasteiger partial charge in [0.05, 0.1) is 29.8 Å². The summed E-state index contributed by atoms with van der Waals surface area (Å²) in [4.78, 5) is 20.9. The van der Waals surface area contributed by atoms with Crippen molar-refractivity contribution in [3.8, 4) is 11.3 Å². The molecule has 0 aliphatic rings. The molecule has 3 rings (SSSR count). The SMILES string of the molecule is Cc1ccc(-c2cc(C(=O)NCc3ncc(F)cc3F)cc(/C(=C/N)N(C)N)c2)nc1. The summed E-state index contributed by atoms with van der Waals surface area (Å²) in [5, 5.41) is 3.93. The lowest BCUT2D eigenvalue weighted by Gasteiger charge is -2.18. The number of aryl methyl sites for hydroxylation is 1. The van der Waals surface area contributed by atoms with Crippen LogP contribution in [-0.2, 0) is 6.54 Å². The summed E-state index contributed by atoms with van der Waals surface area (Å²) in [5.74, 6) is 3.76. The van der Waals surface area contributed by atoms with Crippen LogP contribution in [0, 0.1) is 18.6 Å². The summed E-state index contributed by atoms with van der Waals surface area (Å²) in [6, 6.07) is 9.56. The Kier molecular flexibility index (Phi) is 6.56. The molecular weight excluding hydrogens is 402 g/mol. The fourth-order valence-electron chi connectivity index (χ4n) is 2.95. The minimum Gasteiger partial charge on any atom is -0.403 e. The van der Waals surface area contributed by atoms with Crippen molar-refractivity contribution in [3.63, 3.8) is 0 Å². The minimum atomic E-state index is -0.836. The van der Waals surface area contributed by atoms with Gasteiger partial charge in [-0.1, -0.05) is 6.07 Å². The van der Waals surface area contributed by atoms with Crippen molar-refractivity contribution in [2.24, 2.45) is 11.6 Å². The molecule has 0 atom stereocenters. The van der Waals surface area contributed by atoms with Gasteiger partial charge in [-0.2, -0.15) is 0 Å². The number of nitrogens with one attached hydrogen (secondary N) is 1. The van der Waals surface area contributed by atoms with Gasteiger partial charge in [-0.25, -0.2) is 14.6 Å². The van der Waals surface area contributed by atoms with Crippen molar-refractivity contribution in [3.05, 3.63) is 89.0 Å². The number of nitrogens with zero attached hydrogens (tertiary/aromatic N) is 3. The van der Waals surface area contributed by atoms with Crippen molar-refractivity contribution in [1.82, 2.24) is 20.3 Å². The molecule has 0 fully saturated rings. The number of nitrogens with two attached hydrogens (primary N) is 2. The molecule has 0 aliphatic carbocycles. The zero-order valence-corrected chi connectivity index (χ0v) is 17.1. The fourth-order valence-corrected chi connectivity index (χ4v) is 2.95. The monoisotopic (exact) mass is 424 g/mol. The van der Waals surface area contributed by atoms with E-state index in [1.807, 2.05) is 25.1 Å². The third-order valence-electron chi connectivity index (χ3n) is 4.54. The van der Waals surface area contributed by atoms with E-state index in [0.717, 1.165) is 11.8 Å². The molecule has 0 bridgehead atoms. The first-order valence-electron chi connectivity index (χ1n) is 9.35. The van der Waals surface area contributed by atoms with E-state index in [1.54, 1.807) is 25.4 Å². The molecule has 0 saturated heterocycles. The second-order valence-electron chi connectivity index (χ2n) is 6.95. The topological polar surface area (TPSA) is 110 Å². The Labute approximate surface area is 178 Å². The highest BCUT2D eigenvalue weighted by Crippen LogP contribution is 2.25. The summed E-state index contributed by atoms with van der Waals surface area (Å²) >= 11 is 0. The molecule has 0 aliphatic heterocycles. The predicted molar refractivity (Wildman–Crippen MR) is 114 cm³/mol. The van der Waals surface area contributed by atoms with Gasteiger partial charge in [0.1, 0.15) is 11.6 Å². The highest BCUT2D eigenvalue weighted by Gasteiger charge is 2.15. The van der Waals surface area contributed by atoms with Crippen LogP contribution in [0.15, 0.2) is 55.0 Å². The molecule has 9 heteroatoms. The van der Waals surface area contributed by atoms with E-state index in [2.05, 4.69) is 15.3 Å². The van der Waals surface area contributed by atoms with Crippen LogP contribution in [0.3, 0.4) is 0 Å². The first-order valence-corrected chi connectivity index (χ1v) is 9.35. The van der Waals surface area contributed by atoms with Crippen molar-refractivity contribution < 1.29 is 13.6 Å². The molecular formula is C22H22F2N6O. The minimum absolute atomic E-state index is 0.0736. The van der Waals surface area contributed by atoms with E-state index in [4.69, 9.17) is 11.6 Å². The van der Waals surface area contributed by atoms with Gasteiger partial charge in [-0.3, -0.25) is 14.8 Å². The maximum atomic E-state index is 13.8. The summed E-state index contributed by atoms with van der Waals surface area (Å²) in [6.07, 6.45) is 3.95. The van der Waals surface area contributed by atoms with Crippen LogP contribution in [0.5, 0.6) is 0 Å². The van der Waals surface area contributed by atoms with Crippen molar-refractivity contribution >= 4 is 11.6 Å². The maximum absolute atomic E-state index is 13.8. The number of amides is 1. The normalized spacial score (nSPS) is 11.3.